The summed E-state index contributed by atoms with van der Waals surface area (Å²) in [6, 6.07) is 10.8. The molecule has 1 atom stereocenters. The van der Waals surface area contributed by atoms with Crippen molar-refractivity contribution in [1.82, 2.24) is 19.0 Å². The number of carboxylic acids is 1. The van der Waals surface area contributed by atoms with Crippen molar-refractivity contribution in [1.29, 1.82) is 0 Å². The number of carbonyl (C=O) groups is 1. The molecule has 7 rings (SSSR count). The molecule has 4 aromatic rings. The van der Waals surface area contributed by atoms with Crippen molar-refractivity contribution in [2.45, 2.75) is 96.2 Å². The number of carboxylic acid groups (broad SMARTS) is 1. The van der Waals surface area contributed by atoms with Crippen LogP contribution in [0.3, 0.4) is 0 Å². The first-order valence-corrected chi connectivity index (χ1v) is 21.3. The van der Waals surface area contributed by atoms with Crippen LogP contribution in [0.4, 0.5) is 4.39 Å². The summed E-state index contributed by atoms with van der Waals surface area (Å²) in [6.45, 7) is 13.2. The molecule has 48 heavy (non-hydrogen) atoms. The number of aromatic nitrogens is 3. The second kappa shape index (κ2) is 13.0. The van der Waals surface area contributed by atoms with Gasteiger partial charge in [-0.15, -0.1) is 0 Å². The lowest BCUT2D eigenvalue weighted by Crippen LogP contribution is -2.34. The number of fused-ring (bicyclic) bond motifs is 1. The van der Waals surface area contributed by atoms with E-state index >= 15 is 0 Å². The Morgan fingerprint density at radius 1 is 1.06 bits per heavy atom. The Labute approximate surface area is 282 Å². The van der Waals surface area contributed by atoms with Gasteiger partial charge in [0.1, 0.15) is 23.9 Å². The van der Waals surface area contributed by atoms with Crippen molar-refractivity contribution < 1.29 is 19.0 Å². The third-order valence-corrected chi connectivity index (χ3v) is 11.8. The van der Waals surface area contributed by atoms with Gasteiger partial charge >= 0.3 is 5.97 Å². The molecule has 1 N–H and O–H groups in total. The number of halogens is 1. The maximum Gasteiger partial charge on any atom is 0.336 e. The number of pyridine rings is 2. The maximum absolute atomic E-state index is 14.8. The average Bonchev–Trinajstić information content (AvgIpc) is 3.96. The van der Waals surface area contributed by atoms with Gasteiger partial charge in [-0.05, 0) is 110 Å². The van der Waals surface area contributed by atoms with Gasteiger partial charge in [0, 0.05) is 56.7 Å². The van der Waals surface area contributed by atoms with Gasteiger partial charge in [0.2, 0.25) is 0 Å². The molecule has 0 spiro atoms. The lowest BCUT2D eigenvalue weighted by Gasteiger charge is -2.31. The number of hydrogen-bond donors (Lipinski definition) is 1. The summed E-state index contributed by atoms with van der Waals surface area (Å²) in [5.41, 5.74) is 4.46. The molecule has 3 aromatic heterocycles. The lowest BCUT2D eigenvalue weighted by atomic mass is 9.98. The number of likely N-dealkylation sites (tertiary alicyclic amines) is 1. The largest absolute Gasteiger partial charge is 0.478 e. The summed E-state index contributed by atoms with van der Waals surface area (Å²) in [6.07, 6.45) is 8.51. The first kappa shape index (κ1) is 32.9. The van der Waals surface area contributed by atoms with Crippen molar-refractivity contribution in [3.63, 3.8) is 0 Å². The van der Waals surface area contributed by atoms with Crippen LogP contribution in [0.25, 0.3) is 27.8 Å². The summed E-state index contributed by atoms with van der Waals surface area (Å²) in [5, 5.41) is 10.9. The Bertz CT molecular complexity index is 1920. The third-order valence-electron chi connectivity index (χ3n) is 10.1. The summed E-state index contributed by atoms with van der Waals surface area (Å²) < 4.78 is 24.3. The molecule has 0 bridgehead atoms. The van der Waals surface area contributed by atoms with Crippen LogP contribution >= 0.6 is 0 Å². The molecule has 8 nitrogen and oxygen atoms in total. The van der Waals surface area contributed by atoms with Crippen LogP contribution in [0.2, 0.25) is 25.7 Å². The summed E-state index contributed by atoms with van der Waals surface area (Å²) in [4.78, 5) is 34.4. The van der Waals surface area contributed by atoms with E-state index in [0.29, 0.717) is 47.6 Å². The Hall–Kier alpha value is -3.60. The van der Waals surface area contributed by atoms with E-state index in [1.807, 2.05) is 12.3 Å². The zero-order valence-corrected chi connectivity index (χ0v) is 29.6. The highest BCUT2D eigenvalue weighted by Crippen LogP contribution is 2.44. The van der Waals surface area contributed by atoms with E-state index < -0.39 is 19.9 Å². The molecule has 3 aliphatic rings. The van der Waals surface area contributed by atoms with Crippen LogP contribution in [0.15, 0.2) is 47.4 Å². The fourth-order valence-corrected chi connectivity index (χ4v) is 7.90. The van der Waals surface area contributed by atoms with Crippen molar-refractivity contribution in [3.05, 3.63) is 81.3 Å². The number of ether oxygens (including phenoxy) is 1. The van der Waals surface area contributed by atoms with E-state index in [0.717, 1.165) is 79.8 Å². The number of benzene rings is 1. The predicted octanol–water partition coefficient (Wildman–Crippen LogP) is 7.99. The van der Waals surface area contributed by atoms with Crippen LogP contribution in [0, 0.1) is 11.7 Å². The molecular weight excluding hydrogens is 624 g/mol. The minimum Gasteiger partial charge on any atom is -0.478 e. The summed E-state index contributed by atoms with van der Waals surface area (Å²) in [5.74, 6) is -0.0814. The number of hydrogen-bond acceptors (Lipinski definition) is 5. The van der Waals surface area contributed by atoms with Crippen LogP contribution in [-0.2, 0) is 18.0 Å². The fraction of sp³-hybridized carbons (Fsp3) is 0.500. The molecule has 0 unspecified atom stereocenters. The van der Waals surface area contributed by atoms with E-state index in [-0.39, 0.29) is 17.0 Å². The van der Waals surface area contributed by atoms with E-state index in [9.17, 15) is 19.1 Å². The minimum absolute atomic E-state index is 0.114. The molecule has 2 saturated carbocycles. The molecule has 1 aromatic carbocycles. The van der Waals surface area contributed by atoms with Crippen LogP contribution in [0.5, 0.6) is 0 Å². The average molecular weight is 671 g/mol. The second-order valence-corrected chi connectivity index (χ2v) is 21.2. The van der Waals surface area contributed by atoms with Gasteiger partial charge in [-0.1, -0.05) is 32.6 Å². The van der Waals surface area contributed by atoms with Gasteiger partial charge in [-0.25, -0.2) is 14.2 Å². The van der Waals surface area contributed by atoms with Crippen molar-refractivity contribution in [2.75, 3.05) is 19.7 Å². The number of aromatic carboxylic acids is 1. The Morgan fingerprint density at radius 2 is 1.83 bits per heavy atom. The van der Waals surface area contributed by atoms with Crippen LogP contribution in [0.1, 0.15) is 84.6 Å². The van der Waals surface area contributed by atoms with Crippen molar-refractivity contribution >= 4 is 24.9 Å². The minimum atomic E-state index is -1.30. The number of rotatable bonds is 12. The number of piperidine rings is 1. The summed E-state index contributed by atoms with van der Waals surface area (Å²) >= 11 is 0. The molecule has 4 heterocycles. The van der Waals surface area contributed by atoms with Gasteiger partial charge in [0.05, 0.1) is 5.56 Å². The monoisotopic (exact) mass is 670 g/mol. The van der Waals surface area contributed by atoms with Gasteiger partial charge in [-0.2, -0.15) is 0 Å². The molecule has 0 amide bonds. The molecule has 1 aliphatic heterocycles. The highest BCUT2D eigenvalue weighted by Gasteiger charge is 2.31. The zero-order valence-electron chi connectivity index (χ0n) is 28.6. The van der Waals surface area contributed by atoms with Crippen molar-refractivity contribution in [2.24, 2.45) is 5.92 Å². The first-order valence-electron chi connectivity index (χ1n) is 17.6. The molecular formula is C38H47FN4O4Si. The predicted molar refractivity (Wildman–Crippen MR) is 189 cm³/mol. The fourth-order valence-electron chi connectivity index (χ4n) is 7.15. The first-order chi connectivity index (χ1) is 22.9. The van der Waals surface area contributed by atoms with Gasteiger partial charge in [0.15, 0.2) is 0 Å². The molecule has 1 saturated heterocycles. The SMILES string of the molecule is C[C@H]1CCCN(Cc2cc3c(C4CC4)cn(-c4cc(-c5ccc(F)cc5C(=O)O)cc(C5CC5)n4)c(=O)c3n2COCC[Si](C)(C)C)C1. The van der Waals surface area contributed by atoms with E-state index in [4.69, 9.17) is 9.72 Å². The van der Waals surface area contributed by atoms with E-state index in [2.05, 4.69) is 42.1 Å². The Morgan fingerprint density at radius 3 is 2.52 bits per heavy atom. The smallest absolute Gasteiger partial charge is 0.336 e. The molecule has 2 aliphatic carbocycles. The van der Waals surface area contributed by atoms with E-state index in [1.165, 1.54) is 25.0 Å². The normalized spacial score (nSPS) is 18.9. The summed E-state index contributed by atoms with van der Waals surface area (Å²) in [7, 11) is -1.30. The highest BCUT2D eigenvalue weighted by molar-refractivity contribution is 6.76. The number of nitrogens with zero attached hydrogens (tertiary/aromatic N) is 4. The Kier molecular flexibility index (Phi) is 8.93. The molecule has 0 radical (unpaired) electrons. The molecule has 10 heteroatoms. The van der Waals surface area contributed by atoms with E-state index in [1.54, 1.807) is 10.6 Å². The second-order valence-electron chi connectivity index (χ2n) is 15.6. The van der Waals surface area contributed by atoms with Crippen molar-refractivity contribution in [3.8, 4) is 16.9 Å². The standard InChI is InChI=1S/C38H47FN4O4Si/c1-24-6-5-13-41(20-24)21-29-19-31-33(25-7-8-25)22-42(37(44)36(31)43(29)23-47-14-15-48(2,3)4)35-17-27(16-34(40-35)26-9-10-26)30-12-11-28(39)18-32(30)38(45)46/h11-12,16-19,22,24-26H,5-10,13-15,20-21,23H2,1-4H3,(H,45,46)/t24-/m0/s1. The van der Waals surface area contributed by atoms with Crippen LogP contribution < -0.4 is 5.56 Å². The zero-order chi connectivity index (χ0) is 33.7. The van der Waals surface area contributed by atoms with Crippen LogP contribution in [-0.4, -0.2) is 57.9 Å². The van der Waals surface area contributed by atoms with Gasteiger partial charge in [0.25, 0.3) is 5.56 Å². The highest BCUT2D eigenvalue weighted by atomic mass is 28.3. The lowest BCUT2D eigenvalue weighted by molar-refractivity contribution is 0.0697. The topological polar surface area (TPSA) is 89.6 Å². The molecule has 254 valence electrons. The Balaban J connectivity index is 1.38. The molecule has 3 fully saturated rings. The maximum atomic E-state index is 14.8. The third kappa shape index (κ3) is 7.07. The van der Waals surface area contributed by atoms with Gasteiger partial charge < -0.3 is 14.4 Å². The quantitative estimate of drug-likeness (QED) is 0.121. The van der Waals surface area contributed by atoms with Gasteiger partial charge in [-0.3, -0.25) is 14.3 Å².